The molecule has 0 unspecified atom stereocenters. The second kappa shape index (κ2) is 21.6. The maximum absolute atomic E-state index is 11.8. The maximum atomic E-state index is 11.8. The number of carbonyl (C=O) groups excluding carboxylic acids is 2. The lowest BCUT2D eigenvalue weighted by Crippen LogP contribution is -2.44. The highest BCUT2D eigenvalue weighted by molar-refractivity contribution is 5.67. The summed E-state index contributed by atoms with van der Waals surface area (Å²) in [6.07, 6.45) is 20.5. The van der Waals surface area contributed by atoms with Gasteiger partial charge in [0.15, 0.2) is 0 Å². The SMILES string of the molecule is CCCCCCCCCCCCCCCCCCNC(=O)OC[C@@H]1C[C@H](COC(=O)Oc2ccccc2)O1. The highest BCUT2D eigenvalue weighted by Gasteiger charge is 2.32. The second-order valence-electron chi connectivity index (χ2n) is 10.4. The van der Waals surface area contributed by atoms with E-state index in [0.717, 1.165) is 12.8 Å². The average molecular weight is 534 g/mol. The van der Waals surface area contributed by atoms with Crippen molar-refractivity contribution in [2.75, 3.05) is 19.8 Å². The van der Waals surface area contributed by atoms with Crippen molar-refractivity contribution in [3.05, 3.63) is 30.3 Å². The fourth-order valence-corrected chi connectivity index (χ4v) is 4.63. The van der Waals surface area contributed by atoms with Gasteiger partial charge in [-0.25, -0.2) is 9.59 Å². The molecule has 0 aliphatic carbocycles. The zero-order chi connectivity index (χ0) is 27.1. The second-order valence-corrected chi connectivity index (χ2v) is 10.4. The third kappa shape index (κ3) is 16.5. The van der Waals surface area contributed by atoms with E-state index in [0.29, 0.717) is 18.7 Å². The molecule has 0 saturated carbocycles. The Labute approximate surface area is 230 Å². The molecule has 2 atom stereocenters. The summed E-state index contributed by atoms with van der Waals surface area (Å²) in [6, 6.07) is 8.75. The first kappa shape index (κ1) is 31.9. The Kier molecular flexibility index (Phi) is 18.2. The molecule has 1 saturated heterocycles. The van der Waals surface area contributed by atoms with E-state index in [-0.39, 0.29) is 25.4 Å². The molecule has 1 aromatic rings. The van der Waals surface area contributed by atoms with Gasteiger partial charge >= 0.3 is 12.2 Å². The van der Waals surface area contributed by atoms with Crippen LogP contribution in [0.4, 0.5) is 9.59 Å². The standard InChI is InChI=1S/C31H51NO6/c1-2-3-4-5-6-7-8-9-10-11-12-13-14-15-16-20-23-32-30(33)35-25-28-24-29(37-28)26-36-31(34)38-27-21-18-17-19-22-27/h17-19,21-22,28-29H,2-16,20,23-26H2,1H3,(H,32,33)/t28-,29+/m0/s1. The van der Waals surface area contributed by atoms with Crippen molar-refractivity contribution in [1.29, 1.82) is 0 Å². The van der Waals surface area contributed by atoms with Crippen LogP contribution < -0.4 is 10.1 Å². The first-order valence-corrected chi connectivity index (χ1v) is 15.1. The van der Waals surface area contributed by atoms with Crippen molar-refractivity contribution < 1.29 is 28.5 Å². The number of carbonyl (C=O) groups is 2. The molecular formula is C31H51NO6. The normalized spacial score (nSPS) is 16.4. The zero-order valence-corrected chi connectivity index (χ0v) is 23.6. The molecule has 38 heavy (non-hydrogen) atoms. The summed E-state index contributed by atoms with van der Waals surface area (Å²) < 4.78 is 20.9. The molecule has 0 radical (unpaired) electrons. The predicted octanol–water partition coefficient (Wildman–Crippen LogP) is 8.35. The average Bonchev–Trinajstić information content (AvgIpc) is 2.89. The van der Waals surface area contributed by atoms with Crippen LogP contribution in [0.25, 0.3) is 0 Å². The first-order chi connectivity index (χ1) is 18.7. The van der Waals surface area contributed by atoms with Crippen LogP contribution in [0, 0.1) is 0 Å². The number of alkyl carbamates (subject to hydrolysis) is 1. The van der Waals surface area contributed by atoms with Gasteiger partial charge in [-0.3, -0.25) is 0 Å². The minimum absolute atomic E-state index is 0.119. The van der Waals surface area contributed by atoms with E-state index in [9.17, 15) is 9.59 Å². The molecule has 1 aliphatic heterocycles. The van der Waals surface area contributed by atoms with Gasteiger partial charge in [-0.1, -0.05) is 121 Å². The summed E-state index contributed by atoms with van der Waals surface area (Å²) in [4.78, 5) is 23.5. The van der Waals surface area contributed by atoms with E-state index >= 15 is 0 Å². The molecule has 7 nitrogen and oxygen atoms in total. The van der Waals surface area contributed by atoms with Crippen molar-refractivity contribution in [3.8, 4) is 5.75 Å². The van der Waals surface area contributed by atoms with Gasteiger partial charge in [0.2, 0.25) is 0 Å². The lowest BCUT2D eigenvalue weighted by Gasteiger charge is -2.34. The van der Waals surface area contributed by atoms with Gasteiger partial charge in [0, 0.05) is 13.0 Å². The molecule has 216 valence electrons. The van der Waals surface area contributed by atoms with Crippen LogP contribution in [0.3, 0.4) is 0 Å². The molecule has 7 heteroatoms. The highest BCUT2D eigenvalue weighted by Crippen LogP contribution is 2.21. The number of unbranched alkanes of at least 4 members (excludes halogenated alkanes) is 15. The van der Waals surface area contributed by atoms with Crippen molar-refractivity contribution in [2.24, 2.45) is 0 Å². The summed E-state index contributed by atoms with van der Waals surface area (Å²) in [6.45, 7) is 3.24. The van der Waals surface area contributed by atoms with Crippen molar-refractivity contribution >= 4 is 12.2 Å². The predicted molar refractivity (Wildman–Crippen MR) is 151 cm³/mol. The van der Waals surface area contributed by atoms with Gasteiger partial charge in [-0.15, -0.1) is 0 Å². The quantitative estimate of drug-likeness (QED) is 0.0916. The van der Waals surface area contributed by atoms with Crippen LogP contribution in [0.1, 0.15) is 116 Å². The summed E-state index contributed by atoms with van der Waals surface area (Å²) in [5, 5.41) is 2.81. The van der Waals surface area contributed by atoms with Gasteiger partial charge in [0.05, 0.1) is 12.2 Å². The van der Waals surface area contributed by atoms with E-state index in [1.54, 1.807) is 24.3 Å². The summed E-state index contributed by atoms with van der Waals surface area (Å²) in [5.74, 6) is 0.434. The summed E-state index contributed by atoms with van der Waals surface area (Å²) in [5.41, 5.74) is 0. The lowest BCUT2D eigenvalue weighted by atomic mass is 10.0. The fraction of sp³-hybridized carbons (Fsp3) is 0.742. The van der Waals surface area contributed by atoms with Crippen LogP contribution >= 0.6 is 0 Å². The number of benzene rings is 1. The molecule has 1 heterocycles. The molecule has 1 aliphatic rings. The van der Waals surface area contributed by atoms with Crippen LogP contribution in [0.15, 0.2) is 30.3 Å². The summed E-state index contributed by atoms with van der Waals surface area (Å²) in [7, 11) is 0. The monoisotopic (exact) mass is 533 g/mol. The zero-order valence-electron chi connectivity index (χ0n) is 23.6. The van der Waals surface area contributed by atoms with Crippen LogP contribution in [0.2, 0.25) is 0 Å². The number of ether oxygens (including phenoxy) is 4. The molecule has 0 bridgehead atoms. The van der Waals surface area contributed by atoms with Crippen molar-refractivity contribution in [1.82, 2.24) is 5.32 Å². The van der Waals surface area contributed by atoms with Gasteiger partial charge < -0.3 is 24.3 Å². The lowest BCUT2D eigenvalue weighted by molar-refractivity contribution is -0.159. The molecule has 0 aromatic heterocycles. The third-order valence-electron chi connectivity index (χ3n) is 6.94. The maximum Gasteiger partial charge on any atom is 0.513 e. The van der Waals surface area contributed by atoms with E-state index in [1.165, 1.54) is 89.9 Å². The van der Waals surface area contributed by atoms with Crippen LogP contribution in [0.5, 0.6) is 5.75 Å². The smallest absolute Gasteiger partial charge is 0.447 e. The Morgan fingerprint density at radius 3 is 1.74 bits per heavy atom. The number of hydrogen-bond acceptors (Lipinski definition) is 6. The number of hydrogen-bond donors (Lipinski definition) is 1. The van der Waals surface area contributed by atoms with Crippen LogP contribution in [-0.4, -0.2) is 44.2 Å². The van der Waals surface area contributed by atoms with Gasteiger partial charge in [-0.05, 0) is 18.6 Å². The minimum Gasteiger partial charge on any atom is -0.447 e. The van der Waals surface area contributed by atoms with Crippen molar-refractivity contribution in [2.45, 2.75) is 128 Å². The van der Waals surface area contributed by atoms with E-state index in [4.69, 9.17) is 18.9 Å². The Balaban J connectivity index is 1.28. The molecule has 2 rings (SSSR count). The molecule has 1 amide bonds. The summed E-state index contributed by atoms with van der Waals surface area (Å²) >= 11 is 0. The molecule has 1 aromatic carbocycles. The number of nitrogens with one attached hydrogen (secondary N) is 1. The highest BCUT2D eigenvalue weighted by atomic mass is 16.7. The van der Waals surface area contributed by atoms with E-state index in [2.05, 4.69) is 12.2 Å². The Hall–Kier alpha value is -2.28. The largest absolute Gasteiger partial charge is 0.513 e. The fourth-order valence-electron chi connectivity index (χ4n) is 4.63. The van der Waals surface area contributed by atoms with Gasteiger partial charge in [0.1, 0.15) is 19.0 Å². The molecule has 1 N–H and O–H groups in total. The molecule has 0 spiro atoms. The molecular weight excluding hydrogens is 482 g/mol. The van der Waals surface area contributed by atoms with Gasteiger partial charge in [0.25, 0.3) is 0 Å². The van der Waals surface area contributed by atoms with E-state index < -0.39 is 12.2 Å². The Morgan fingerprint density at radius 1 is 0.737 bits per heavy atom. The Bertz CT molecular complexity index is 722. The first-order valence-electron chi connectivity index (χ1n) is 15.1. The number of rotatable bonds is 22. The van der Waals surface area contributed by atoms with Gasteiger partial charge in [-0.2, -0.15) is 0 Å². The topological polar surface area (TPSA) is 83.1 Å². The van der Waals surface area contributed by atoms with E-state index in [1.807, 2.05) is 6.07 Å². The molecule has 1 fully saturated rings. The minimum atomic E-state index is -0.757. The van der Waals surface area contributed by atoms with Crippen LogP contribution in [-0.2, 0) is 14.2 Å². The number of para-hydroxylation sites is 1. The van der Waals surface area contributed by atoms with Crippen molar-refractivity contribution in [3.63, 3.8) is 0 Å². The Morgan fingerprint density at radius 2 is 1.21 bits per heavy atom. The third-order valence-corrected chi connectivity index (χ3v) is 6.94. The number of amides is 1.